The zero-order valence-electron chi connectivity index (χ0n) is 14.9. The van der Waals surface area contributed by atoms with Crippen molar-refractivity contribution in [1.82, 2.24) is 5.32 Å². The number of halogens is 2. The molecular formula is C19H30Cl2N2O2. The zero-order chi connectivity index (χ0) is 17.4. The van der Waals surface area contributed by atoms with Gasteiger partial charge in [-0.1, -0.05) is 43.0 Å². The first-order valence-corrected chi connectivity index (χ1v) is 9.26. The summed E-state index contributed by atoms with van der Waals surface area (Å²) >= 11 is 5.97. The fraction of sp³-hybridized carbons (Fsp3) is 0.632. The van der Waals surface area contributed by atoms with Crippen LogP contribution in [0.5, 0.6) is 0 Å². The molecule has 2 unspecified atom stereocenters. The van der Waals surface area contributed by atoms with Crippen molar-refractivity contribution in [3.05, 3.63) is 34.9 Å². The summed E-state index contributed by atoms with van der Waals surface area (Å²) in [5, 5.41) is 3.98. The number of rotatable bonds is 8. The van der Waals surface area contributed by atoms with Gasteiger partial charge in [0.1, 0.15) is 0 Å². The van der Waals surface area contributed by atoms with Gasteiger partial charge in [0.05, 0.1) is 12.5 Å². The van der Waals surface area contributed by atoms with Gasteiger partial charge in [-0.05, 0) is 42.9 Å². The maximum atomic E-state index is 12.4. The van der Waals surface area contributed by atoms with Crippen molar-refractivity contribution >= 4 is 29.9 Å². The molecule has 142 valence electrons. The van der Waals surface area contributed by atoms with E-state index in [1.165, 1.54) is 37.7 Å². The summed E-state index contributed by atoms with van der Waals surface area (Å²) in [5.74, 6) is 0.564. The summed E-state index contributed by atoms with van der Waals surface area (Å²) in [5.41, 5.74) is 6.83. The van der Waals surface area contributed by atoms with Crippen molar-refractivity contribution in [2.24, 2.45) is 11.7 Å². The highest BCUT2D eigenvalue weighted by atomic mass is 35.5. The van der Waals surface area contributed by atoms with Crippen LogP contribution in [0, 0.1) is 5.92 Å². The molecule has 0 bridgehead atoms. The molecule has 1 aliphatic carbocycles. The third-order valence-corrected chi connectivity index (χ3v) is 5.20. The molecule has 0 radical (unpaired) electrons. The first-order valence-electron chi connectivity index (χ1n) is 8.89. The molecular weight excluding hydrogens is 359 g/mol. The lowest BCUT2D eigenvalue weighted by molar-refractivity contribution is -0.124. The van der Waals surface area contributed by atoms with Gasteiger partial charge >= 0.3 is 0 Å². The van der Waals surface area contributed by atoms with E-state index in [0.29, 0.717) is 18.9 Å². The number of hydrogen-bond donors (Lipinski definition) is 2. The van der Waals surface area contributed by atoms with Crippen molar-refractivity contribution in [1.29, 1.82) is 0 Å². The highest BCUT2D eigenvalue weighted by molar-refractivity contribution is 6.30. The van der Waals surface area contributed by atoms with Gasteiger partial charge in [-0.2, -0.15) is 0 Å². The maximum Gasteiger partial charge on any atom is 0.222 e. The number of hydrogen-bond acceptors (Lipinski definition) is 3. The molecule has 1 aromatic rings. The molecule has 1 saturated carbocycles. The van der Waals surface area contributed by atoms with Crippen LogP contribution in [0.25, 0.3) is 0 Å². The van der Waals surface area contributed by atoms with Crippen molar-refractivity contribution < 1.29 is 9.53 Å². The minimum atomic E-state index is -0.215. The fourth-order valence-corrected chi connectivity index (χ4v) is 3.61. The van der Waals surface area contributed by atoms with Crippen molar-refractivity contribution in [2.45, 2.75) is 57.1 Å². The molecule has 4 nitrogen and oxygen atoms in total. The molecule has 0 aromatic heterocycles. The molecule has 25 heavy (non-hydrogen) atoms. The molecule has 1 amide bonds. The Balaban J connectivity index is 0.00000312. The van der Waals surface area contributed by atoms with Crippen LogP contribution in [0.1, 0.15) is 44.1 Å². The number of nitrogens with one attached hydrogen (secondary N) is 1. The molecule has 3 N–H and O–H groups in total. The van der Waals surface area contributed by atoms with Gasteiger partial charge in [-0.15, -0.1) is 12.4 Å². The van der Waals surface area contributed by atoms with E-state index in [-0.39, 0.29) is 30.5 Å². The third kappa shape index (κ3) is 7.53. The lowest BCUT2D eigenvalue weighted by Gasteiger charge is -2.31. The standard InChI is InChI=1S/C19H29ClN2O2.ClH/c1-24-17(13-21)12-19(23)22-18(15-5-3-2-4-6-15)11-14-7-9-16(20)10-8-14;/h7-10,15,17-18H,2-6,11-13,21H2,1H3,(H,22,23);1H. The highest BCUT2D eigenvalue weighted by Gasteiger charge is 2.26. The van der Waals surface area contributed by atoms with Crippen LogP contribution in [0.2, 0.25) is 5.02 Å². The topological polar surface area (TPSA) is 64.3 Å². The molecule has 0 aliphatic heterocycles. The largest absolute Gasteiger partial charge is 0.380 e. The van der Waals surface area contributed by atoms with Gasteiger partial charge in [0.15, 0.2) is 0 Å². The third-order valence-electron chi connectivity index (χ3n) is 4.94. The molecule has 2 atom stereocenters. The Morgan fingerprint density at radius 2 is 1.92 bits per heavy atom. The fourth-order valence-electron chi connectivity index (χ4n) is 3.48. The number of methoxy groups -OCH3 is 1. The van der Waals surface area contributed by atoms with Gasteiger partial charge in [0.2, 0.25) is 5.91 Å². The van der Waals surface area contributed by atoms with Crippen LogP contribution in [0.4, 0.5) is 0 Å². The summed E-state index contributed by atoms with van der Waals surface area (Å²) in [6.45, 7) is 0.356. The van der Waals surface area contributed by atoms with Crippen LogP contribution in [0.15, 0.2) is 24.3 Å². The second-order valence-electron chi connectivity index (χ2n) is 6.70. The Kier molecular flexibility index (Phi) is 10.4. The average molecular weight is 389 g/mol. The summed E-state index contributed by atoms with van der Waals surface area (Å²) in [4.78, 5) is 12.4. The van der Waals surface area contributed by atoms with E-state index in [1.54, 1.807) is 7.11 Å². The predicted octanol–water partition coefficient (Wildman–Crippen LogP) is 3.73. The Morgan fingerprint density at radius 3 is 2.48 bits per heavy atom. The number of benzene rings is 1. The average Bonchev–Trinajstić information content (AvgIpc) is 2.61. The smallest absolute Gasteiger partial charge is 0.222 e. The van der Waals surface area contributed by atoms with Gasteiger partial charge in [0, 0.05) is 24.7 Å². The quantitative estimate of drug-likeness (QED) is 0.712. The monoisotopic (exact) mass is 388 g/mol. The second-order valence-corrected chi connectivity index (χ2v) is 7.14. The van der Waals surface area contributed by atoms with Crippen molar-refractivity contribution in [3.63, 3.8) is 0 Å². The van der Waals surface area contributed by atoms with Gasteiger partial charge in [0.25, 0.3) is 0 Å². The minimum absolute atomic E-state index is 0. The van der Waals surface area contributed by atoms with E-state index < -0.39 is 0 Å². The SMILES string of the molecule is COC(CN)CC(=O)NC(Cc1ccc(Cl)cc1)C1CCCCC1.Cl. The maximum absolute atomic E-state index is 12.4. The number of nitrogens with two attached hydrogens (primary N) is 1. The van der Waals surface area contributed by atoms with E-state index >= 15 is 0 Å². The van der Waals surface area contributed by atoms with Crippen LogP contribution in [0.3, 0.4) is 0 Å². The molecule has 6 heteroatoms. The highest BCUT2D eigenvalue weighted by Crippen LogP contribution is 2.28. The minimum Gasteiger partial charge on any atom is -0.380 e. The second kappa shape index (κ2) is 11.7. The first-order chi connectivity index (χ1) is 11.6. The van der Waals surface area contributed by atoms with E-state index in [9.17, 15) is 4.79 Å². The van der Waals surface area contributed by atoms with Crippen LogP contribution in [-0.4, -0.2) is 31.7 Å². The van der Waals surface area contributed by atoms with Gasteiger partial charge < -0.3 is 15.8 Å². The van der Waals surface area contributed by atoms with Gasteiger partial charge in [-0.3, -0.25) is 4.79 Å². The molecule has 0 heterocycles. The number of amides is 1. The van der Waals surface area contributed by atoms with Crippen LogP contribution < -0.4 is 11.1 Å². The van der Waals surface area contributed by atoms with Crippen molar-refractivity contribution in [2.75, 3.05) is 13.7 Å². The number of ether oxygens (including phenoxy) is 1. The summed E-state index contributed by atoms with van der Waals surface area (Å²) in [6, 6.07) is 8.07. The Bertz CT molecular complexity index is 501. The Morgan fingerprint density at radius 1 is 1.28 bits per heavy atom. The molecule has 1 fully saturated rings. The van der Waals surface area contributed by atoms with E-state index in [1.807, 2.05) is 24.3 Å². The van der Waals surface area contributed by atoms with Gasteiger partial charge in [-0.25, -0.2) is 0 Å². The number of carbonyl (C=O) groups excluding carboxylic acids is 1. The first kappa shape index (κ1) is 22.2. The van der Waals surface area contributed by atoms with Crippen LogP contribution in [-0.2, 0) is 16.0 Å². The van der Waals surface area contributed by atoms with Crippen molar-refractivity contribution in [3.8, 4) is 0 Å². The Hall–Kier alpha value is -0.810. The summed E-state index contributed by atoms with van der Waals surface area (Å²) in [7, 11) is 1.59. The molecule has 1 aliphatic rings. The van der Waals surface area contributed by atoms with Crippen LogP contribution >= 0.6 is 24.0 Å². The lowest BCUT2D eigenvalue weighted by Crippen LogP contribution is -2.44. The molecule has 0 spiro atoms. The summed E-state index contributed by atoms with van der Waals surface area (Å²) < 4.78 is 5.23. The Labute approximate surface area is 162 Å². The molecule has 1 aromatic carbocycles. The van der Waals surface area contributed by atoms with E-state index in [2.05, 4.69) is 5.32 Å². The molecule has 0 saturated heterocycles. The normalized spacial score (nSPS) is 17.4. The zero-order valence-corrected chi connectivity index (χ0v) is 16.5. The van der Waals surface area contributed by atoms with E-state index in [4.69, 9.17) is 22.1 Å². The number of carbonyl (C=O) groups is 1. The predicted molar refractivity (Wildman–Crippen MR) is 105 cm³/mol. The summed E-state index contributed by atoms with van der Waals surface area (Å²) in [6.07, 6.45) is 7.11. The van der Waals surface area contributed by atoms with E-state index in [0.717, 1.165) is 11.4 Å². The lowest BCUT2D eigenvalue weighted by atomic mass is 9.81. The molecule has 2 rings (SSSR count).